The zero-order valence-electron chi connectivity index (χ0n) is 17.8. The van der Waals surface area contributed by atoms with Gasteiger partial charge < -0.3 is 8.98 Å². The monoisotopic (exact) mass is 476 g/mol. The van der Waals surface area contributed by atoms with Crippen molar-refractivity contribution in [1.29, 1.82) is 5.26 Å². The maximum absolute atomic E-state index is 14.2. The number of aryl methyl sites for hydroxylation is 1. The highest BCUT2D eigenvalue weighted by atomic mass is 19.2. The van der Waals surface area contributed by atoms with E-state index in [4.69, 9.17) is 4.42 Å². The first-order valence-corrected chi connectivity index (χ1v) is 9.70. The van der Waals surface area contributed by atoms with Crippen LogP contribution in [-0.4, -0.2) is 32.8 Å². The van der Waals surface area contributed by atoms with Crippen LogP contribution in [0.15, 0.2) is 27.2 Å². The van der Waals surface area contributed by atoms with Crippen LogP contribution >= 0.6 is 0 Å². The first-order valence-electron chi connectivity index (χ1n) is 9.70. The summed E-state index contributed by atoms with van der Waals surface area (Å²) in [6.45, 7) is 3.02. The van der Waals surface area contributed by atoms with Gasteiger partial charge in [-0.1, -0.05) is 0 Å². The van der Waals surface area contributed by atoms with Crippen LogP contribution in [0.1, 0.15) is 19.6 Å². The Kier molecular flexibility index (Phi) is 5.35. The topological polar surface area (TPSA) is 92.1 Å². The molecule has 0 saturated carbocycles. The molecule has 0 N–H and O–H groups in total. The van der Waals surface area contributed by atoms with Gasteiger partial charge in [-0.15, -0.1) is 0 Å². The number of rotatable bonds is 3. The molecule has 0 saturated heterocycles. The number of hydrogen-bond donors (Lipinski definition) is 0. The molecule has 2 amide bonds. The summed E-state index contributed by atoms with van der Waals surface area (Å²) in [5, 5.41) is 9.30. The second kappa shape index (κ2) is 7.95. The maximum Gasteiger partial charge on any atom is 0.271 e. The Hall–Kier alpha value is -4.27. The minimum atomic E-state index is -2.29. The lowest BCUT2D eigenvalue weighted by molar-refractivity contribution is -0.140. The lowest BCUT2D eigenvalue weighted by atomic mass is 9.95. The smallest absolute Gasteiger partial charge is 0.271 e. The summed E-state index contributed by atoms with van der Waals surface area (Å²) in [6.07, 6.45) is 1.27. The van der Waals surface area contributed by atoms with E-state index in [0.29, 0.717) is 0 Å². The summed E-state index contributed by atoms with van der Waals surface area (Å²) in [4.78, 5) is 29.7. The molecule has 0 unspecified atom stereocenters. The molecule has 2 aromatic heterocycles. The number of halogens is 5. The van der Waals surface area contributed by atoms with Gasteiger partial charge in [0.1, 0.15) is 22.9 Å². The minimum Gasteiger partial charge on any atom is -0.437 e. The van der Waals surface area contributed by atoms with Gasteiger partial charge in [0.05, 0.1) is 5.56 Å². The van der Waals surface area contributed by atoms with Crippen LogP contribution < -0.4 is 0 Å². The molecule has 12 heteroatoms. The Morgan fingerprint density at radius 3 is 2.18 bits per heavy atom. The number of furan rings is 1. The molecule has 3 aromatic rings. The van der Waals surface area contributed by atoms with Crippen LogP contribution in [0.3, 0.4) is 0 Å². The maximum atomic E-state index is 14.2. The quantitative estimate of drug-likeness (QED) is 0.186. The number of fused-ring (bicyclic) bond motifs is 1. The number of nitriles is 1. The molecule has 0 atom stereocenters. The standard InChI is InChI=1S/C22H13F5N4O3/c1-4-31-21(32)10(8(2)11(7-28)22(31)33)5-9-6-12-20(34-9)29-19(30(12)3)13-14(23)16(25)18(27)17(26)15(13)24/h5-6H,4H2,1-3H3/b10-5-. The number of imide groups is 1. The number of likely N-dealkylation sites (N-methyl/N-ethyl adjacent to an activating group) is 1. The van der Waals surface area contributed by atoms with Gasteiger partial charge in [-0.3, -0.25) is 14.5 Å². The molecule has 0 aliphatic carbocycles. The van der Waals surface area contributed by atoms with Crippen LogP contribution in [0.2, 0.25) is 0 Å². The molecule has 1 aromatic carbocycles. The van der Waals surface area contributed by atoms with E-state index in [1.54, 1.807) is 13.0 Å². The van der Waals surface area contributed by atoms with Crippen LogP contribution in [0, 0.1) is 40.4 Å². The number of carbonyl (C=O) groups excluding carboxylic acids is 2. The molecule has 3 heterocycles. The summed E-state index contributed by atoms with van der Waals surface area (Å²) < 4.78 is 75.7. The third-order valence-corrected chi connectivity index (χ3v) is 5.46. The van der Waals surface area contributed by atoms with E-state index in [1.165, 1.54) is 26.1 Å². The van der Waals surface area contributed by atoms with Crippen molar-refractivity contribution in [2.45, 2.75) is 13.8 Å². The van der Waals surface area contributed by atoms with Crippen molar-refractivity contribution >= 4 is 29.1 Å². The zero-order valence-corrected chi connectivity index (χ0v) is 17.8. The molecule has 1 aliphatic heterocycles. The summed E-state index contributed by atoms with van der Waals surface area (Å²) in [6, 6.07) is 3.10. The summed E-state index contributed by atoms with van der Waals surface area (Å²) >= 11 is 0. The van der Waals surface area contributed by atoms with Gasteiger partial charge in [0, 0.05) is 25.2 Å². The fraction of sp³-hybridized carbons (Fsp3) is 0.182. The van der Waals surface area contributed by atoms with E-state index in [2.05, 4.69) is 4.98 Å². The molecule has 0 fully saturated rings. The molecule has 0 spiro atoms. The van der Waals surface area contributed by atoms with Crippen molar-refractivity contribution in [3.05, 3.63) is 57.6 Å². The predicted octanol–water partition coefficient (Wildman–Crippen LogP) is 4.14. The van der Waals surface area contributed by atoms with Gasteiger partial charge in [-0.2, -0.15) is 10.2 Å². The Balaban J connectivity index is 1.86. The van der Waals surface area contributed by atoms with E-state index in [0.717, 1.165) is 9.47 Å². The molecule has 4 rings (SSSR count). The summed E-state index contributed by atoms with van der Waals surface area (Å²) in [7, 11) is 1.28. The SMILES string of the molecule is CCN1C(=O)C(C#N)=C(C)/C(=C/c2cc3c(nc(-c4c(F)c(F)c(F)c(F)c4F)n3C)o2)C1=O. The van der Waals surface area contributed by atoms with Crippen LogP contribution in [0.5, 0.6) is 0 Å². The van der Waals surface area contributed by atoms with Crippen molar-refractivity contribution in [3.8, 4) is 17.5 Å². The molecule has 34 heavy (non-hydrogen) atoms. The number of amides is 2. The Morgan fingerprint density at radius 2 is 1.65 bits per heavy atom. The average molecular weight is 476 g/mol. The molecule has 0 radical (unpaired) electrons. The van der Waals surface area contributed by atoms with E-state index in [1.807, 2.05) is 0 Å². The van der Waals surface area contributed by atoms with Crippen molar-refractivity contribution < 1.29 is 36.0 Å². The molecular formula is C22H13F5N4O3. The second-order valence-corrected chi connectivity index (χ2v) is 7.30. The highest BCUT2D eigenvalue weighted by Gasteiger charge is 2.35. The first-order chi connectivity index (χ1) is 16.0. The number of benzene rings is 1. The number of nitrogens with zero attached hydrogens (tertiary/aromatic N) is 4. The lowest BCUT2D eigenvalue weighted by Gasteiger charge is -2.25. The molecular weight excluding hydrogens is 463 g/mol. The average Bonchev–Trinajstić information content (AvgIpc) is 3.33. The highest BCUT2D eigenvalue weighted by molar-refractivity contribution is 6.19. The molecule has 174 valence electrons. The van der Waals surface area contributed by atoms with Gasteiger partial charge in [-0.25, -0.2) is 22.0 Å². The number of imidazole rings is 1. The molecule has 7 nitrogen and oxygen atoms in total. The third-order valence-electron chi connectivity index (χ3n) is 5.46. The van der Waals surface area contributed by atoms with Crippen molar-refractivity contribution in [1.82, 2.24) is 14.5 Å². The highest BCUT2D eigenvalue weighted by Crippen LogP contribution is 2.34. The van der Waals surface area contributed by atoms with Gasteiger partial charge >= 0.3 is 0 Å². The predicted molar refractivity (Wildman–Crippen MR) is 107 cm³/mol. The third kappa shape index (κ3) is 3.12. The van der Waals surface area contributed by atoms with Crippen molar-refractivity contribution in [3.63, 3.8) is 0 Å². The minimum absolute atomic E-state index is 0.0112. The van der Waals surface area contributed by atoms with Crippen molar-refractivity contribution in [2.75, 3.05) is 6.54 Å². The van der Waals surface area contributed by atoms with E-state index >= 15 is 0 Å². The van der Waals surface area contributed by atoms with Crippen LogP contribution in [-0.2, 0) is 16.6 Å². The Labute approximate surface area is 188 Å². The van der Waals surface area contributed by atoms with Crippen LogP contribution in [0.25, 0.3) is 28.7 Å². The number of hydrogen-bond acceptors (Lipinski definition) is 5. The van der Waals surface area contributed by atoms with E-state index in [-0.39, 0.29) is 40.3 Å². The Bertz CT molecular complexity index is 1490. The fourth-order valence-corrected chi connectivity index (χ4v) is 3.65. The lowest BCUT2D eigenvalue weighted by Crippen LogP contribution is -2.42. The largest absolute Gasteiger partial charge is 0.437 e. The molecule has 1 aliphatic rings. The van der Waals surface area contributed by atoms with Gasteiger partial charge in [0.25, 0.3) is 11.8 Å². The van der Waals surface area contributed by atoms with Gasteiger partial charge in [0.2, 0.25) is 11.5 Å². The van der Waals surface area contributed by atoms with E-state index in [9.17, 15) is 36.8 Å². The number of aromatic nitrogens is 2. The van der Waals surface area contributed by atoms with E-state index < -0.39 is 52.3 Å². The number of carbonyl (C=O) groups is 2. The molecule has 0 bridgehead atoms. The zero-order chi connectivity index (χ0) is 25.1. The second-order valence-electron chi connectivity index (χ2n) is 7.30. The summed E-state index contributed by atoms with van der Waals surface area (Å²) in [5.41, 5.74) is -1.37. The van der Waals surface area contributed by atoms with Crippen LogP contribution in [0.4, 0.5) is 22.0 Å². The first kappa shape index (κ1) is 22.9. The normalized spacial score (nSPS) is 15.7. The van der Waals surface area contributed by atoms with Gasteiger partial charge in [0.15, 0.2) is 29.1 Å². The van der Waals surface area contributed by atoms with Gasteiger partial charge in [-0.05, 0) is 25.5 Å². The Morgan fingerprint density at radius 1 is 1.06 bits per heavy atom. The fourth-order valence-electron chi connectivity index (χ4n) is 3.65. The van der Waals surface area contributed by atoms with Crippen molar-refractivity contribution in [2.24, 2.45) is 7.05 Å². The summed E-state index contributed by atoms with van der Waals surface area (Å²) in [5.74, 6) is -12.5.